The minimum Gasteiger partial charge on any atom is -0.496 e. The van der Waals surface area contributed by atoms with Crippen LogP contribution >= 0.6 is 23.2 Å². The Kier molecular flexibility index (Phi) is 4.36. The van der Waals surface area contributed by atoms with E-state index in [2.05, 4.69) is 0 Å². The highest BCUT2D eigenvalue weighted by Gasteiger charge is 2.18. The number of methoxy groups -OCH3 is 1. The highest BCUT2D eigenvalue weighted by atomic mass is 35.5. The van der Waals surface area contributed by atoms with Crippen LogP contribution in [0, 0.1) is 13.8 Å². The van der Waals surface area contributed by atoms with Gasteiger partial charge in [0.25, 0.3) is 0 Å². The van der Waals surface area contributed by atoms with E-state index in [4.69, 9.17) is 27.9 Å². The third-order valence-electron chi connectivity index (χ3n) is 3.23. The molecule has 0 saturated carbocycles. The molecular formula is C16H14Cl2O2. The minimum atomic E-state index is -0.197. The summed E-state index contributed by atoms with van der Waals surface area (Å²) in [7, 11) is 1.52. The van der Waals surface area contributed by atoms with Crippen molar-refractivity contribution in [2.24, 2.45) is 0 Å². The Hall–Kier alpha value is -1.51. The van der Waals surface area contributed by atoms with Crippen molar-refractivity contribution in [3.8, 4) is 5.75 Å². The van der Waals surface area contributed by atoms with E-state index in [1.54, 1.807) is 30.3 Å². The van der Waals surface area contributed by atoms with Gasteiger partial charge in [0.1, 0.15) is 5.75 Å². The van der Waals surface area contributed by atoms with Gasteiger partial charge in [0.2, 0.25) is 0 Å². The molecule has 0 saturated heterocycles. The highest BCUT2D eigenvalue weighted by Crippen LogP contribution is 2.29. The third-order valence-corrected chi connectivity index (χ3v) is 3.78. The van der Waals surface area contributed by atoms with Gasteiger partial charge in [-0.2, -0.15) is 0 Å². The topological polar surface area (TPSA) is 26.3 Å². The molecule has 20 heavy (non-hydrogen) atoms. The third kappa shape index (κ3) is 2.82. The maximum Gasteiger partial charge on any atom is 0.198 e. The normalized spacial score (nSPS) is 10.4. The SMILES string of the molecule is COc1ccc(Cl)cc1C(=O)c1cc(C)c(C)cc1Cl. The summed E-state index contributed by atoms with van der Waals surface area (Å²) in [6.45, 7) is 3.90. The molecule has 0 aromatic heterocycles. The summed E-state index contributed by atoms with van der Waals surface area (Å²) in [5.74, 6) is 0.283. The van der Waals surface area contributed by atoms with Gasteiger partial charge in [0.05, 0.1) is 17.7 Å². The molecular weight excluding hydrogens is 295 g/mol. The first-order valence-electron chi connectivity index (χ1n) is 6.09. The summed E-state index contributed by atoms with van der Waals surface area (Å²) in [4.78, 5) is 12.6. The van der Waals surface area contributed by atoms with Crippen LogP contribution in [0.5, 0.6) is 5.75 Å². The molecule has 0 atom stereocenters. The second-order valence-electron chi connectivity index (χ2n) is 4.59. The molecule has 2 rings (SSSR count). The second-order valence-corrected chi connectivity index (χ2v) is 5.43. The molecule has 0 aliphatic rings. The van der Waals surface area contributed by atoms with E-state index in [0.29, 0.717) is 26.9 Å². The number of hydrogen-bond donors (Lipinski definition) is 0. The standard InChI is InChI=1S/C16H14Cl2O2/c1-9-6-12(14(18)7-10(9)2)16(19)13-8-11(17)4-5-15(13)20-3/h4-8H,1-3H3. The fourth-order valence-electron chi connectivity index (χ4n) is 1.96. The fourth-order valence-corrected chi connectivity index (χ4v) is 2.43. The number of carbonyl (C=O) groups excluding carboxylic acids is 1. The van der Waals surface area contributed by atoms with Crippen LogP contribution in [-0.2, 0) is 0 Å². The molecule has 0 heterocycles. The van der Waals surface area contributed by atoms with Crippen LogP contribution in [0.1, 0.15) is 27.0 Å². The molecule has 0 amide bonds. The second kappa shape index (κ2) is 5.86. The van der Waals surface area contributed by atoms with Crippen molar-refractivity contribution in [2.75, 3.05) is 7.11 Å². The maximum absolute atomic E-state index is 12.6. The van der Waals surface area contributed by atoms with E-state index in [1.807, 2.05) is 13.8 Å². The van der Waals surface area contributed by atoms with Crippen molar-refractivity contribution in [1.29, 1.82) is 0 Å². The lowest BCUT2D eigenvalue weighted by molar-refractivity contribution is 0.103. The molecule has 4 heteroatoms. The van der Waals surface area contributed by atoms with Gasteiger partial charge in [-0.3, -0.25) is 4.79 Å². The van der Waals surface area contributed by atoms with Crippen molar-refractivity contribution < 1.29 is 9.53 Å². The summed E-state index contributed by atoms with van der Waals surface area (Å²) in [6, 6.07) is 8.53. The predicted molar refractivity (Wildman–Crippen MR) is 82.4 cm³/mol. The first kappa shape index (κ1) is 14.9. The molecule has 0 fully saturated rings. The zero-order valence-electron chi connectivity index (χ0n) is 11.5. The van der Waals surface area contributed by atoms with E-state index in [-0.39, 0.29) is 5.78 Å². The molecule has 2 aromatic rings. The first-order chi connectivity index (χ1) is 9.43. The zero-order valence-corrected chi connectivity index (χ0v) is 13.0. The van der Waals surface area contributed by atoms with Crippen LogP contribution in [0.15, 0.2) is 30.3 Å². The number of aryl methyl sites for hydroxylation is 2. The fraction of sp³-hybridized carbons (Fsp3) is 0.188. The Labute approximate surface area is 128 Å². The molecule has 104 valence electrons. The molecule has 2 nitrogen and oxygen atoms in total. The van der Waals surface area contributed by atoms with Gasteiger partial charge in [-0.05, 0) is 55.3 Å². The van der Waals surface area contributed by atoms with Crippen LogP contribution in [-0.4, -0.2) is 12.9 Å². The lowest BCUT2D eigenvalue weighted by Gasteiger charge is -2.11. The van der Waals surface area contributed by atoms with Crippen molar-refractivity contribution in [3.63, 3.8) is 0 Å². The first-order valence-corrected chi connectivity index (χ1v) is 6.84. The summed E-state index contributed by atoms with van der Waals surface area (Å²) in [6.07, 6.45) is 0. The molecule has 0 N–H and O–H groups in total. The monoisotopic (exact) mass is 308 g/mol. The van der Waals surface area contributed by atoms with E-state index in [0.717, 1.165) is 11.1 Å². The molecule has 0 aliphatic heterocycles. The van der Waals surface area contributed by atoms with E-state index >= 15 is 0 Å². The van der Waals surface area contributed by atoms with Crippen molar-refractivity contribution in [2.45, 2.75) is 13.8 Å². The summed E-state index contributed by atoms with van der Waals surface area (Å²) < 4.78 is 5.21. The lowest BCUT2D eigenvalue weighted by atomic mass is 9.98. The molecule has 0 bridgehead atoms. The van der Waals surface area contributed by atoms with Gasteiger partial charge in [0, 0.05) is 10.6 Å². The smallest absolute Gasteiger partial charge is 0.198 e. The molecule has 2 aromatic carbocycles. The van der Waals surface area contributed by atoms with Crippen LogP contribution in [0.4, 0.5) is 0 Å². The van der Waals surface area contributed by atoms with Crippen LogP contribution in [0.2, 0.25) is 10.0 Å². The minimum absolute atomic E-state index is 0.197. The molecule has 0 unspecified atom stereocenters. The Morgan fingerprint density at radius 1 is 1.00 bits per heavy atom. The van der Waals surface area contributed by atoms with Crippen molar-refractivity contribution in [3.05, 3.63) is 62.6 Å². The largest absolute Gasteiger partial charge is 0.496 e. The van der Waals surface area contributed by atoms with Gasteiger partial charge < -0.3 is 4.74 Å². The Balaban J connectivity index is 2.57. The Morgan fingerprint density at radius 3 is 2.30 bits per heavy atom. The number of benzene rings is 2. The van der Waals surface area contributed by atoms with Crippen LogP contribution in [0.3, 0.4) is 0 Å². The number of ether oxygens (including phenoxy) is 1. The van der Waals surface area contributed by atoms with E-state index in [9.17, 15) is 4.79 Å². The van der Waals surface area contributed by atoms with Crippen molar-refractivity contribution >= 4 is 29.0 Å². The zero-order chi connectivity index (χ0) is 14.9. The lowest BCUT2D eigenvalue weighted by Crippen LogP contribution is -2.05. The molecule has 0 radical (unpaired) electrons. The number of carbonyl (C=O) groups is 1. The van der Waals surface area contributed by atoms with Crippen molar-refractivity contribution in [1.82, 2.24) is 0 Å². The highest BCUT2D eigenvalue weighted by molar-refractivity contribution is 6.35. The summed E-state index contributed by atoms with van der Waals surface area (Å²) in [5.41, 5.74) is 2.92. The van der Waals surface area contributed by atoms with Gasteiger partial charge in [-0.25, -0.2) is 0 Å². The average molecular weight is 309 g/mol. The maximum atomic E-state index is 12.6. The number of rotatable bonds is 3. The van der Waals surface area contributed by atoms with Crippen LogP contribution < -0.4 is 4.74 Å². The van der Waals surface area contributed by atoms with E-state index in [1.165, 1.54) is 7.11 Å². The predicted octanol–water partition coefficient (Wildman–Crippen LogP) is 4.85. The van der Waals surface area contributed by atoms with E-state index < -0.39 is 0 Å². The Bertz CT molecular complexity index is 678. The van der Waals surface area contributed by atoms with Gasteiger partial charge >= 0.3 is 0 Å². The summed E-state index contributed by atoms with van der Waals surface area (Å²) in [5, 5.41) is 0.911. The molecule has 0 spiro atoms. The number of halogens is 2. The van der Waals surface area contributed by atoms with Gasteiger partial charge in [0.15, 0.2) is 5.78 Å². The quantitative estimate of drug-likeness (QED) is 0.758. The number of hydrogen-bond acceptors (Lipinski definition) is 2. The average Bonchev–Trinajstić information content (AvgIpc) is 2.42. The van der Waals surface area contributed by atoms with Gasteiger partial charge in [-0.15, -0.1) is 0 Å². The Morgan fingerprint density at radius 2 is 1.65 bits per heavy atom. The van der Waals surface area contributed by atoms with Gasteiger partial charge in [-0.1, -0.05) is 23.2 Å². The summed E-state index contributed by atoms with van der Waals surface area (Å²) >= 11 is 12.1. The van der Waals surface area contributed by atoms with Crippen LogP contribution in [0.25, 0.3) is 0 Å². The molecule has 0 aliphatic carbocycles. The number of ketones is 1.